The van der Waals surface area contributed by atoms with Gasteiger partial charge in [-0.25, -0.2) is 0 Å². The van der Waals surface area contributed by atoms with Gasteiger partial charge in [-0.3, -0.25) is 9.79 Å². The first-order valence-electron chi connectivity index (χ1n) is 10.5. The average Bonchev–Trinajstić information content (AvgIpc) is 3.02. The van der Waals surface area contributed by atoms with Crippen molar-refractivity contribution in [2.24, 2.45) is 22.2 Å². The number of halogens is 1. The van der Waals surface area contributed by atoms with E-state index in [4.69, 9.17) is 4.74 Å². The van der Waals surface area contributed by atoms with Gasteiger partial charge in [-0.1, -0.05) is 20.3 Å². The van der Waals surface area contributed by atoms with E-state index < -0.39 is 0 Å². The molecule has 2 aliphatic heterocycles. The van der Waals surface area contributed by atoms with Gasteiger partial charge in [0.25, 0.3) is 0 Å². The van der Waals surface area contributed by atoms with Crippen molar-refractivity contribution >= 4 is 35.8 Å². The number of carbonyl (C=O) groups is 1. The summed E-state index contributed by atoms with van der Waals surface area (Å²) < 4.78 is 6.02. The zero-order chi connectivity index (χ0) is 18.3. The number of carbonyl (C=O) groups excluding carboxylic acids is 1. The van der Waals surface area contributed by atoms with Crippen LogP contribution >= 0.6 is 24.0 Å². The van der Waals surface area contributed by atoms with Crippen LogP contribution in [-0.4, -0.2) is 61.7 Å². The zero-order valence-corrected chi connectivity index (χ0v) is 19.2. The lowest BCUT2D eigenvalue weighted by atomic mass is 9.46. The Hall–Kier alpha value is -0.570. The molecule has 4 rings (SSSR count). The number of guanidine groups is 1. The lowest BCUT2D eigenvalue weighted by molar-refractivity contribution is -0.171. The second-order valence-electron chi connectivity index (χ2n) is 8.92. The highest BCUT2D eigenvalue weighted by Crippen LogP contribution is 2.62. The van der Waals surface area contributed by atoms with Crippen LogP contribution in [0.15, 0.2) is 4.99 Å². The number of hydrogen-bond donors (Lipinski definition) is 2. The highest BCUT2D eigenvalue weighted by molar-refractivity contribution is 14.0. The molecule has 154 valence electrons. The van der Waals surface area contributed by atoms with E-state index in [2.05, 4.69) is 15.6 Å². The van der Waals surface area contributed by atoms with Crippen molar-refractivity contribution in [1.29, 1.82) is 0 Å². The van der Waals surface area contributed by atoms with Crippen LogP contribution in [-0.2, 0) is 9.53 Å². The fraction of sp³-hybridized carbons (Fsp3) is 0.900. The lowest BCUT2D eigenvalue weighted by Gasteiger charge is -2.63. The SMILES string of the molecule is CN=C(NC1CCN(C(=O)C(C)C)CC1)NC1C2CCOC2C12CCC2.I. The molecule has 1 spiro atoms. The summed E-state index contributed by atoms with van der Waals surface area (Å²) in [7, 11) is 1.86. The van der Waals surface area contributed by atoms with Crippen LogP contribution in [0.4, 0.5) is 0 Å². The number of fused-ring (bicyclic) bond motifs is 2. The van der Waals surface area contributed by atoms with Gasteiger partial charge in [0, 0.05) is 56.1 Å². The number of likely N-dealkylation sites (tertiary alicyclic amines) is 1. The van der Waals surface area contributed by atoms with Crippen molar-refractivity contribution < 1.29 is 9.53 Å². The number of amides is 1. The number of aliphatic imine (C=N–C) groups is 1. The molecule has 2 saturated carbocycles. The molecule has 4 aliphatic rings. The van der Waals surface area contributed by atoms with E-state index in [0.29, 0.717) is 29.5 Å². The molecular weight excluding hydrogens is 455 g/mol. The van der Waals surface area contributed by atoms with Crippen molar-refractivity contribution in [1.82, 2.24) is 15.5 Å². The quantitative estimate of drug-likeness (QED) is 0.362. The molecule has 2 saturated heterocycles. The van der Waals surface area contributed by atoms with Crippen molar-refractivity contribution in [2.75, 3.05) is 26.7 Å². The van der Waals surface area contributed by atoms with Gasteiger partial charge < -0.3 is 20.3 Å². The number of piperidine rings is 1. The Bertz CT molecular complexity index is 570. The van der Waals surface area contributed by atoms with Gasteiger partial charge in [-0.15, -0.1) is 24.0 Å². The van der Waals surface area contributed by atoms with Gasteiger partial charge in [0.05, 0.1) is 6.10 Å². The number of hydrogen-bond acceptors (Lipinski definition) is 3. The molecule has 0 aromatic rings. The molecule has 3 unspecified atom stereocenters. The second-order valence-corrected chi connectivity index (χ2v) is 8.92. The van der Waals surface area contributed by atoms with Crippen LogP contribution in [0.2, 0.25) is 0 Å². The molecule has 0 radical (unpaired) electrons. The van der Waals surface area contributed by atoms with Crippen LogP contribution in [0.1, 0.15) is 52.4 Å². The Balaban J connectivity index is 0.00000210. The minimum absolute atomic E-state index is 0. The Morgan fingerprint density at radius 3 is 2.44 bits per heavy atom. The van der Waals surface area contributed by atoms with E-state index in [-0.39, 0.29) is 35.8 Å². The molecule has 0 bridgehead atoms. The second kappa shape index (κ2) is 8.43. The molecule has 27 heavy (non-hydrogen) atoms. The van der Waals surface area contributed by atoms with E-state index in [1.54, 1.807) is 0 Å². The monoisotopic (exact) mass is 490 g/mol. The maximum absolute atomic E-state index is 12.1. The van der Waals surface area contributed by atoms with Crippen LogP contribution in [0.25, 0.3) is 0 Å². The molecule has 4 fully saturated rings. The third-order valence-corrected chi connectivity index (χ3v) is 7.19. The first kappa shape index (κ1) is 21.1. The summed E-state index contributed by atoms with van der Waals surface area (Å²) in [5, 5.41) is 7.36. The first-order valence-corrected chi connectivity index (χ1v) is 10.5. The average molecular weight is 490 g/mol. The predicted octanol–water partition coefficient (Wildman–Crippen LogP) is 2.37. The van der Waals surface area contributed by atoms with Crippen molar-refractivity contribution in [3.05, 3.63) is 0 Å². The van der Waals surface area contributed by atoms with Crippen LogP contribution < -0.4 is 10.6 Å². The van der Waals surface area contributed by atoms with Gasteiger partial charge in [0.15, 0.2) is 5.96 Å². The van der Waals surface area contributed by atoms with Crippen molar-refractivity contribution in [2.45, 2.75) is 70.6 Å². The van der Waals surface area contributed by atoms with E-state index in [0.717, 1.165) is 38.5 Å². The molecule has 6 nitrogen and oxygen atoms in total. The van der Waals surface area contributed by atoms with Gasteiger partial charge in [-0.2, -0.15) is 0 Å². The predicted molar refractivity (Wildman–Crippen MR) is 117 cm³/mol. The fourth-order valence-corrected chi connectivity index (χ4v) is 5.58. The molecule has 2 N–H and O–H groups in total. The number of nitrogens with one attached hydrogen (secondary N) is 2. The topological polar surface area (TPSA) is 66.0 Å². The minimum Gasteiger partial charge on any atom is -0.377 e. The fourth-order valence-electron chi connectivity index (χ4n) is 5.58. The molecular formula is C20H35IN4O2. The van der Waals surface area contributed by atoms with E-state index >= 15 is 0 Å². The third-order valence-electron chi connectivity index (χ3n) is 7.19. The third kappa shape index (κ3) is 3.70. The number of ether oxygens (including phenoxy) is 1. The summed E-state index contributed by atoms with van der Waals surface area (Å²) in [5.74, 6) is 1.95. The zero-order valence-electron chi connectivity index (χ0n) is 16.9. The van der Waals surface area contributed by atoms with E-state index in [1.807, 2.05) is 25.8 Å². The summed E-state index contributed by atoms with van der Waals surface area (Å²) in [4.78, 5) is 18.7. The van der Waals surface area contributed by atoms with E-state index in [9.17, 15) is 4.79 Å². The molecule has 7 heteroatoms. The van der Waals surface area contributed by atoms with Crippen LogP contribution in [0, 0.1) is 17.3 Å². The smallest absolute Gasteiger partial charge is 0.225 e. The molecule has 2 heterocycles. The lowest BCUT2D eigenvalue weighted by Crippen LogP contribution is -2.72. The van der Waals surface area contributed by atoms with Gasteiger partial charge in [0.1, 0.15) is 0 Å². The highest BCUT2D eigenvalue weighted by Gasteiger charge is 2.66. The Kier molecular flexibility index (Phi) is 6.60. The van der Waals surface area contributed by atoms with Crippen molar-refractivity contribution in [3.8, 4) is 0 Å². The van der Waals surface area contributed by atoms with Crippen LogP contribution in [0.5, 0.6) is 0 Å². The summed E-state index contributed by atoms with van der Waals surface area (Å²) in [5.41, 5.74) is 0.367. The standard InChI is InChI=1S/C20H34N4O2.HI/c1-13(2)18(25)24-10-5-14(6-11-24)22-19(21-3)23-16-15-7-12-26-17(15)20(16)8-4-9-20;/h13-17H,4-12H2,1-3H3,(H2,21,22,23);1H. The van der Waals surface area contributed by atoms with Crippen LogP contribution in [0.3, 0.4) is 0 Å². The maximum atomic E-state index is 12.1. The Morgan fingerprint density at radius 2 is 1.89 bits per heavy atom. The van der Waals surface area contributed by atoms with E-state index in [1.165, 1.54) is 25.7 Å². The first-order chi connectivity index (χ1) is 12.5. The normalized spacial score (nSPS) is 32.4. The highest BCUT2D eigenvalue weighted by atomic mass is 127. The van der Waals surface area contributed by atoms with Gasteiger partial charge in [0.2, 0.25) is 5.91 Å². The number of nitrogens with zero attached hydrogens (tertiary/aromatic N) is 2. The minimum atomic E-state index is 0. The summed E-state index contributed by atoms with van der Waals surface area (Å²) in [6.45, 7) is 6.57. The largest absolute Gasteiger partial charge is 0.377 e. The molecule has 3 atom stereocenters. The molecule has 2 aliphatic carbocycles. The maximum Gasteiger partial charge on any atom is 0.225 e. The summed E-state index contributed by atoms with van der Waals surface area (Å²) >= 11 is 0. The summed E-state index contributed by atoms with van der Waals surface area (Å²) in [6, 6.07) is 0.906. The number of rotatable bonds is 3. The molecule has 1 amide bonds. The Labute approximate surface area is 180 Å². The van der Waals surface area contributed by atoms with Gasteiger partial charge >= 0.3 is 0 Å². The molecule has 0 aromatic heterocycles. The Morgan fingerprint density at radius 1 is 1.19 bits per heavy atom. The summed E-state index contributed by atoms with van der Waals surface area (Å²) in [6.07, 6.45) is 7.55. The molecule has 0 aromatic carbocycles. The van der Waals surface area contributed by atoms with Gasteiger partial charge in [-0.05, 0) is 32.1 Å². The van der Waals surface area contributed by atoms with Crippen molar-refractivity contribution in [3.63, 3.8) is 0 Å².